The molecule has 0 spiro atoms. The highest BCUT2D eigenvalue weighted by Gasteiger charge is 2.48. The van der Waals surface area contributed by atoms with Crippen molar-refractivity contribution in [1.82, 2.24) is 20.6 Å². The van der Waals surface area contributed by atoms with Crippen LogP contribution in [-0.4, -0.2) is 53.5 Å². The first kappa shape index (κ1) is 20.6. The van der Waals surface area contributed by atoms with Gasteiger partial charge in [-0.05, 0) is 11.6 Å². The second-order valence-corrected chi connectivity index (χ2v) is 8.78. The number of carbonyl (C=O) groups excluding carboxylic acids is 1. The highest BCUT2D eigenvalue weighted by atomic mass is 16.6. The number of urea groups is 1. The van der Waals surface area contributed by atoms with E-state index in [4.69, 9.17) is 9.47 Å². The lowest BCUT2D eigenvalue weighted by Gasteiger charge is -2.21. The Hall–Kier alpha value is -2.71. The average molecular weight is 412 g/mol. The van der Waals surface area contributed by atoms with Gasteiger partial charge in [0, 0.05) is 18.2 Å². The molecule has 0 bridgehead atoms. The first-order valence-corrected chi connectivity index (χ1v) is 10.3. The average Bonchev–Trinajstić information content (AvgIpc) is 3.30. The molecule has 2 aliphatic rings. The van der Waals surface area contributed by atoms with Gasteiger partial charge in [0.15, 0.2) is 0 Å². The van der Waals surface area contributed by atoms with Crippen LogP contribution in [0.3, 0.4) is 0 Å². The summed E-state index contributed by atoms with van der Waals surface area (Å²) in [4.78, 5) is 21.3. The van der Waals surface area contributed by atoms with Crippen LogP contribution in [0.25, 0.3) is 0 Å². The van der Waals surface area contributed by atoms with E-state index in [-0.39, 0.29) is 35.7 Å². The molecule has 0 radical (unpaired) electrons. The molecule has 30 heavy (non-hydrogen) atoms. The maximum absolute atomic E-state index is 12.3. The maximum atomic E-state index is 12.3. The van der Waals surface area contributed by atoms with Crippen LogP contribution >= 0.6 is 0 Å². The summed E-state index contributed by atoms with van der Waals surface area (Å²) in [6, 6.07) is 11.2. The molecule has 0 unspecified atom stereocenters. The molecule has 4 atom stereocenters. The molecule has 1 aromatic carbocycles. The summed E-state index contributed by atoms with van der Waals surface area (Å²) in [6.45, 7) is 7.71. The number of carbonyl (C=O) groups is 1. The Bertz CT molecular complexity index is 871. The normalized spacial score (nSPS) is 25.6. The minimum atomic E-state index is -0.227. The van der Waals surface area contributed by atoms with Gasteiger partial charge < -0.3 is 25.4 Å². The van der Waals surface area contributed by atoms with Gasteiger partial charge in [-0.2, -0.15) is 0 Å². The fourth-order valence-electron chi connectivity index (χ4n) is 3.76. The number of hydrogen-bond donors (Lipinski definition) is 3. The fourth-order valence-corrected chi connectivity index (χ4v) is 3.76. The predicted molar refractivity (Wildman–Crippen MR) is 113 cm³/mol. The third-order valence-electron chi connectivity index (χ3n) is 5.40. The Morgan fingerprint density at radius 1 is 1.07 bits per heavy atom. The van der Waals surface area contributed by atoms with Gasteiger partial charge in [-0.25, -0.2) is 14.8 Å². The van der Waals surface area contributed by atoms with Crippen molar-refractivity contribution in [3.63, 3.8) is 0 Å². The Morgan fingerprint density at radius 2 is 1.77 bits per heavy atom. The van der Waals surface area contributed by atoms with Crippen molar-refractivity contribution in [2.45, 2.75) is 57.0 Å². The van der Waals surface area contributed by atoms with Crippen LogP contribution in [0, 0.1) is 0 Å². The second kappa shape index (κ2) is 8.57. The maximum Gasteiger partial charge on any atom is 0.315 e. The molecule has 3 N–H and O–H groups in total. The molecule has 3 heterocycles. The first-order valence-electron chi connectivity index (χ1n) is 10.3. The minimum absolute atomic E-state index is 0.0555. The molecule has 0 saturated carbocycles. The number of amides is 2. The molecule has 8 nitrogen and oxygen atoms in total. The molecule has 160 valence electrons. The number of ether oxygens (including phenoxy) is 2. The molecule has 2 saturated heterocycles. The summed E-state index contributed by atoms with van der Waals surface area (Å²) in [5.74, 6) is 0.567. The van der Waals surface area contributed by atoms with Crippen LogP contribution in [0.5, 0.6) is 0 Å². The van der Waals surface area contributed by atoms with Crippen molar-refractivity contribution in [2.24, 2.45) is 0 Å². The lowest BCUT2D eigenvalue weighted by molar-refractivity contribution is 0.0682. The fraction of sp³-hybridized carbons (Fsp3) is 0.500. The van der Waals surface area contributed by atoms with Crippen LogP contribution in [0.15, 0.2) is 42.6 Å². The highest BCUT2D eigenvalue weighted by Crippen LogP contribution is 2.29. The van der Waals surface area contributed by atoms with Crippen molar-refractivity contribution in [2.75, 3.05) is 18.5 Å². The molecule has 1 aromatic heterocycles. The Balaban J connectivity index is 1.31. The molecule has 8 heteroatoms. The third-order valence-corrected chi connectivity index (χ3v) is 5.40. The van der Waals surface area contributed by atoms with Crippen molar-refractivity contribution in [1.29, 1.82) is 0 Å². The topological polar surface area (TPSA) is 97.4 Å². The molecular formula is C22H29N5O3. The number of nitrogens with zero attached hydrogens (tertiary/aromatic N) is 2. The molecule has 2 amide bonds. The quantitative estimate of drug-likeness (QED) is 0.698. The van der Waals surface area contributed by atoms with Gasteiger partial charge >= 0.3 is 6.03 Å². The summed E-state index contributed by atoms with van der Waals surface area (Å²) >= 11 is 0. The van der Waals surface area contributed by atoms with E-state index in [2.05, 4.69) is 46.7 Å². The van der Waals surface area contributed by atoms with Gasteiger partial charge in [0.1, 0.15) is 12.2 Å². The van der Waals surface area contributed by atoms with Crippen molar-refractivity contribution >= 4 is 12.0 Å². The molecule has 2 fully saturated rings. The number of fused-ring (bicyclic) bond motifs is 1. The van der Waals surface area contributed by atoms with Crippen LogP contribution in [-0.2, 0) is 21.4 Å². The van der Waals surface area contributed by atoms with Crippen LogP contribution in [0.4, 0.5) is 10.7 Å². The molecule has 2 aromatic rings. The Labute approximate surface area is 176 Å². The van der Waals surface area contributed by atoms with Gasteiger partial charge in [0.05, 0.1) is 31.0 Å². The second-order valence-electron chi connectivity index (χ2n) is 8.78. The molecule has 4 rings (SSSR count). The van der Waals surface area contributed by atoms with Gasteiger partial charge in [-0.15, -0.1) is 0 Å². The van der Waals surface area contributed by atoms with Crippen LogP contribution in [0.1, 0.15) is 32.0 Å². The summed E-state index contributed by atoms with van der Waals surface area (Å²) < 4.78 is 11.9. The van der Waals surface area contributed by atoms with Crippen LogP contribution in [0.2, 0.25) is 0 Å². The zero-order valence-electron chi connectivity index (χ0n) is 17.6. The highest BCUT2D eigenvalue weighted by molar-refractivity contribution is 5.74. The van der Waals surface area contributed by atoms with Gasteiger partial charge in [0.25, 0.3) is 0 Å². The Morgan fingerprint density at radius 3 is 2.50 bits per heavy atom. The largest absolute Gasteiger partial charge is 0.371 e. The minimum Gasteiger partial charge on any atom is -0.371 e. The van der Waals surface area contributed by atoms with Crippen molar-refractivity contribution in [3.05, 3.63) is 53.9 Å². The summed E-state index contributed by atoms with van der Waals surface area (Å²) in [7, 11) is 0. The SMILES string of the molecule is CC(C)(C)c1ccnc(N[C@@H]2CO[C@@H]3[C@@H]2OC[C@@H]3NC(=O)NCc2ccccc2)n1. The number of anilines is 1. The lowest BCUT2D eigenvalue weighted by Crippen LogP contribution is -2.48. The zero-order chi connectivity index (χ0) is 21.1. The van der Waals surface area contributed by atoms with Crippen LogP contribution < -0.4 is 16.0 Å². The molecule has 2 aliphatic heterocycles. The third kappa shape index (κ3) is 4.71. The lowest BCUT2D eigenvalue weighted by atomic mass is 9.92. The van der Waals surface area contributed by atoms with Crippen molar-refractivity contribution < 1.29 is 14.3 Å². The van der Waals surface area contributed by atoms with Gasteiger partial charge in [-0.3, -0.25) is 0 Å². The van der Waals surface area contributed by atoms with Crippen molar-refractivity contribution in [3.8, 4) is 0 Å². The van der Waals surface area contributed by atoms with E-state index >= 15 is 0 Å². The van der Waals surface area contributed by atoms with E-state index in [9.17, 15) is 4.79 Å². The summed E-state index contributed by atoms with van der Waals surface area (Å²) in [6.07, 6.45) is 1.40. The number of benzene rings is 1. The number of hydrogen-bond acceptors (Lipinski definition) is 6. The zero-order valence-corrected chi connectivity index (χ0v) is 17.6. The van der Waals surface area contributed by atoms with E-state index in [1.54, 1.807) is 6.20 Å². The monoisotopic (exact) mass is 411 g/mol. The standard InChI is InChI=1S/C22H29N5O3/c1-22(2,3)17-9-10-23-20(27-17)25-15-12-29-19-16(13-30-18(15)19)26-21(28)24-11-14-7-5-4-6-8-14/h4-10,15-16,18-19H,11-13H2,1-3H3,(H,23,25,27)(H2,24,26,28)/t15-,16+,18-,19+/m1/s1. The predicted octanol–water partition coefficient (Wildman–Crippen LogP) is 2.22. The number of rotatable bonds is 5. The van der Waals surface area contributed by atoms with E-state index < -0.39 is 0 Å². The van der Waals surface area contributed by atoms with E-state index in [0.29, 0.717) is 25.7 Å². The summed E-state index contributed by atoms with van der Waals surface area (Å²) in [5, 5.41) is 9.20. The van der Waals surface area contributed by atoms with E-state index in [1.165, 1.54) is 0 Å². The van der Waals surface area contributed by atoms with E-state index in [1.807, 2.05) is 36.4 Å². The van der Waals surface area contributed by atoms with Gasteiger partial charge in [0.2, 0.25) is 5.95 Å². The first-order chi connectivity index (χ1) is 14.4. The van der Waals surface area contributed by atoms with Gasteiger partial charge in [-0.1, -0.05) is 51.1 Å². The summed E-state index contributed by atoms with van der Waals surface area (Å²) in [5.41, 5.74) is 1.96. The number of nitrogens with one attached hydrogen (secondary N) is 3. The number of aromatic nitrogens is 2. The Kier molecular flexibility index (Phi) is 5.87. The smallest absolute Gasteiger partial charge is 0.315 e. The molecule has 0 aliphatic carbocycles. The molecular weight excluding hydrogens is 382 g/mol. The van der Waals surface area contributed by atoms with E-state index in [0.717, 1.165) is 11.3 Å².